The lowest BCUT2D eigenvalue weighted by atomic mass is 10.1. The average Bonchev–Trinajstić information content (AvgIpc) is 3.51. The van der Waals surface area contributed by atoms with E-state index in [1.165, 1.54) is 41.8 Å². The molecular weight excluding hydrogens is 557 g/mol. The highest BCUT2D eigenvalue weighted by atomic mass is 32.2. The van der Waals surface area contributed by atoms with Crippen LogP contribution in [0, 0.1) is 5.82 Å². The zero-order chi connectivity index (χ0) is 28.4. The second-order valence-corrected chi connectivity index (χ2v) is 11.7. The third-order valence-corrected chi connectivity index (χ3v) is 6.96. The summed E-state index contributed by atoms with van der Waals surface area (Å²) in [5, 5.41) is 9.90. The summed E-state index contributed by atoms with van der Waals surface area (Å²) < 4.78 is 48.2. The van der Waals surface area contributed by atoms with Gasteiger partial charge in [0.25, 0.3) is 0 Å². The summed E-state index contributed by atoms with van der Waals surface area (Å²) in [7, 11) is -3.52. The number of ether oxygens (including phenoxy) is 1. The smallest absolute Gasteiger partial charge is 0.324 e. The molecule has 0 aliphatic rings. The Balaban J connectivity index is 1.31. The van der Waals surface area contributed by atoms with Crippen LogP contribution in [-0.2, 0) is 10.0 Å². The number of fused-ring (bicyclic) bond motifs is 1. The maximum Gasteiger partial charge on any atom is 0.324 e. The maximum absolute atomic E-state index is 14.9. The zero-order valence-corrected chi connectivity index (χ0v) is 23.2. The molecule has 0 radical (unpaired) electrons. The van der Waals surface area contributed by atoms with Crippen molar-refractivity contribution in [3.63, 3.8) is 0 Å². The van der Waals surface area contributed by atoms with Crippen LogP contribution in [0.4, 0.5) is 26.5 Å². The van der Waals surface area contributed by atoms with E-state index in [1.54, 1.807) is 16.3 Å². The van der Waals surface area contributed by atoms with E-state index < -0.39 is 21.9 Å². The van der Waals surface area contributed by atoms with Crippen molar-refractivity contribution in [3.05, 3.63) is 77.8 Å². The van der Waals surface area contributed by atoms with Crippen molar-refractivity contribution in [3.8, 4) is 17.2 Å². The Bertz CT molecular complexity index is 1820. The van der Waals surface area contributed by atoms with Crippen LogP contribution in [0.2, 0.25) is 0 Å². The molecule has 5 aromatic rings. The Labute approximate surface area is 233 Å². The van der Waals surface area contributed by atoms with Crippen LogP contribution in [-0.4, -0.2) is 40.5 Å². The first-order valence-corrected chi connectivity index (χ1v) is 14.7. The number of aromatic nitrogens is 4. The number of halogens is 1. The molecule has 0 spiro atoms. The fraction of sp³-hybridized carbons (Fsp3) is 0.154. The van der Waals surface area contributed by atoms with Crippen molar-refractivity contribution < 1.29 is 22.3 Å². The summed E-state index contributed by atoms with van der Waals surface area (Å²) in [6, 6.07) is 13.6. The van der Waals surface area contributed by atoms with Gasteiger partial charge in [-0.2, -0.15) is 5.10 Å². The lowest BCUT2D eigenvalue weighted by molar-refractivity contribution is 0.262. The lowest BCUT2D eigenvalue weighted by Gasteiger charge is -2.12. The van der Waals surface area contributed by atoms with E-state index in [0.29, 0.717) is 5.82 Å². The number of rotatable bonds is 8. The van der Waals surface area contributed by atoms with Gasteiger partial charge in [-0.3, -0.25) is 10.0 Å². The van der Waals surface area contributed by atoms with Gasteiger partial charge in [0, 0.05) is 24.4 Å². The van der Waals surface area contributed by atoms with E-state index in [4.69, 9.17) is 4.74 Å². The zero-order valence-electron chi connectivity index (χ0n) is 21.5. The number of hydrogen-bond acceptors (Lipinski definition) is 8. The summed E-state index contributed by atoms with van der Waals surface area (Å²) in [4.78, 5) is 21.1. The van der Waals surface area contributed by atoms with Crippen molar-refractivity contribution >= 4 is 54.9 Å². The number of nitrogens with zero attached hydrogens (tertiary/aromatic N) is 4. The highest BCUT2D eigenvalue weighted by Gasteiger charge is 2.17. The molecule has 40 heavy (non-hydrogen) atoms. The minimum atomic E-state index is -3.52. The molecule has 0 aliphatic heterocycles. The Kier molecular flexibility index (Phi) is 7.36. The van der Waals surface area contributed by atoms with Crippen LogP contribution < -0.4 is 20.1 Å². The van der Waals surface area contributed by atoms with Gasteiger partial charge in [0.05, 0.1) is 39.1 Å². The Morgan fingerprint density at radius 3 is 2.58 bits per heavy atom. The van der Waals surface area contributed by atoms with E-state index in [2.05, 4.69) is 30.4 Å². The van der Waals surface area contributed by atoms with Gasteiger partial charge in [-0.1, -0.05) is 13.8 Å². The number of benzene rings is 2. The minimum absolute atomic E-state index is 0.0572. The topological polar surface area (TPSA) is 140 Å². The normalized spacial score (nSPS) is 11.5. The van der Waals surface area contributed by atoms with Gasteiger partial charge in [0.2, 0.25) is 10.0 Å². The van der Waals surface area contributed by atoms with Crippen molar-refractivity contribution in [2.75, 3.05) is 21.6 Å². The van der Waals surface area contributed by atoms with E-state index in [1.807, 2.05) is 32.0 Å². The molecule has 2 aromatic carbocycles. The van der Waals surface area contributed by atoms with Crippen molar-refractivity contribution in [1.29, 1.82) is 0 Å². The van der Waals surface area contributed by atoms with E-state index in [9.17, 15) is 17.6 Å². The van der Waals surface area contributed by atoms with E-state index in [0.717, 1.165) is 33.9 Å². The number of thiazole rings is 1. The van der Waals surface area contributed by atoms with Crippen LogP contribution in [0.5, 0.6) is 11.5 Å². The minimum Gasteiger partial charge on any atom is -0.457 e. The fourth-order valence-electron chi connectivity index (χ4n) is 3.73. The second kappa shape index (κ2) is 10.9. The number of pyridine rings is 1. The standard InChI is InChI=1S/C26H24FN7O4S2/c1-15(2)21-13-25(34(32-21)16-4-7-23-22(10-16)29-14-39-23)31-26(35)30-20-6-5-17(11-19(20)27)38-18-8-9-28-24(12-18)33-40(3,36)37/h4-15H,1-3H3,(H,28,33)(H2,30,31,35). The number of nitrogens with one attached hydrogen (secondary N) is 3. The summed E-state index contributed by atoms with van der Waals surface area (Å²) in [5.74, 6) is 0.216. The summed E-state index contributed by atoms with van der Waals surface area (Å²) in [6.45, 7) is 3.99. The molecule has 0 fully saturated rings. The second-order valence-electron chi connectivity index (χ2n) is 9.10. The molecular formula is C26H24FN7O4S2. The summed E-state index contributed by atoms with van der Waals surface area (Å²) in [6.07, 6.45) is 2.35. The van der Waals surface area contributed by atoms with E-state index in [-0.39, 0.29) is 28.9 Å². The fourth-order valence-corrected chi connectivity index (χ4v) is 4.88. The van der Waals surface area contributed by atoms with Crippen LogP contribution in [0.15, 0.2) is 66.3 Å². The third-order valence-electron chi connectivity index (χ3n) is 5.57. The predicted molar refractivity (Wildman–Crippen MR) is 153 cm³/mol. The molecule has 206 valence electrons. The number of carbonyl (C=O) groups excluding carboxylic acids is 1. The average molecular weight is 582 g/mol. The van der Waals surface area contributed by atoms with Gasteiger partial charge < -0.3 is 10.1 Å². The SMILES string of the molecule is CC(C)c1cc(NC(=O)Nc2ccc(Oc3ccnc(NS(C)(=O)=O)c3)cc2F)n(-c2ccc3scnc3c2)n1. The first-order chi connectivity index (χ1) is 19.0. The van der Waals surface area contributed by atoms with Crippen LogP contribution in [0.1, 0.15) is 25.5 Å². The monoisotopic (exact) mass is 581 g/mol. The molecule has 0 saturated carbocycles. The van der Waals surface area contributed by atoms with Gasteiger partial charge in [-0.25, -0.2) is 32.3 Å². The lowest BCUT2D eigenvalue weighted by Crippen LogP contribution is -2.22. The largest absolute Gasteiger partial charge is 0.457 e. The maximum atomic E-state index is 14.9. The molecule has 0 unspecified atom stereocenters. The van der Waals surface area contributed by atoms with Crippen LogP contribution in [0.25, 0.3) is 15.9 Å². The summed E-state index contributed by atoms with van der Waals surface area (Å²) in [5.41, 5.74) is 4.00. The molecule has 11 nitrogen and oxygen atoms in total. The van der Waals surface area contributed by atoms with Gasteiger partial charge >= 0.3 is 6.03 Å². The molecule has 0 bridgehead atoms. The molecule has 3 heterocycles. The quantitative estimate of drug-likeness (QED) is 0.206. The van der Waals surface area contributed by atoms with Crippen LogP contribution in [0.3, 0.4) is 0 Å². The molecule has 0 atom stereocenters. The Hall–Kier alpha value is -4.56. The number of carbonyl (C=O) groups is 1. The first-order valence-electron chi connectivity index (χ1n) is 12.0. The molecule has 0 saturated heterocycles. The molecule has 3 aromatic heterocycles. The first kappa shape index (κ1) is 27.0. The highest BCUT2D eigenvalue weighted by Crippen LogP contribution is 2.28. The van der Waals surface area contributed by atoms with Crippen molar-refractivity contribution in [1.82, 2.24) is 19.7 Å². The number of sulfonamides is 1. The number of amides is 2. The van der Waals surface area contributed by atoms with Gasteiger partial charge in [-0.15, -0.1) is 11.3 Å². The summed E-state index contributed by atoms with van der Waals surface area (Å²) >= 11 is 1.53. The predicted octanol–water partition coefficient (Wildman–Crippen LogP) is 5.95. The number of urea groups is 1. The number of hydrogen-bond donors (Lipinski definition) is 3. The van der Waals surface area contributed by atoms with Crippen LogP contribution >= 0.6 is 11.3 Å². The molecule has 14 heteroatoms. The Morgan fingerprint density at radius 2 is 1.82 bits per heavy atom. The molecule has 0 aliphatic carbocycles. The van der Waals surface area contributed by atoms with Gasteiger partial charge in [0.15, 0.2) is 0 Å². The number of anilines is 3. The molecule has 2 amide bonds. The van der Waals surface area contributed by atoms with Crippen molar-refractivity contribution in [2.45, 2.75) is 19.8 Å². The third kappa shape index (κ3) is 6.35. The van der Waals surface area contributed by atoms with Gasteiger partial charge in [-0.05, 0) is 42.3 Å². The molecule has 5 rings (SSSR count). The Morgan fingerprint density at radius 1 is 1.02 bits per heavy atom. The molecule has 3 N–H and O–H groups in total. The highest BCUT2D eigenvalue weighted by molar-refractivity contribution is 7.92. The van der Waals surface area contributed by atoms with Crippen molar-refractivity contribution in [2.24, 2.45) is 0 Å². The van der Waals surface area contributed by atoms with E-state index >= 15 is 0 Å². The van der Waals surface area contributed by atoms with Gasteiger partial charge in [0.1, 0.15) is 29.0 Å².